The van der Waals surface area contributed by atoms with Crippen LogP contribution in [-0.2, 0) is 6.54 Å². The summed E-state index contributed by atoms with van der Waals surface area (Å²) in [6.45, 7) is 0.923. The maximum atomic E-state index is 10.4. The minimum Gasteiger partial charge on any atom is -0.497 e. The van der Waals surface area contributed by atoms with E-state index in [1.54, 1.807) is 7.11 Å². The molecular formula is C28H27ClN4O2. The summed E-state index contributed by atoms with van der Waals surface area (Å²) in [5.74, 6) is 0.861. The lowest BCUT2D eigenvalue weighted by atomic mass is 10.1. The molecule has 0 fully saturated rings. The molecule has 4 aromatic rings. The van der Waals surface area contributed by atoms with E-state index in [9.17, 15) is 5.11 Å². The van der Waals surface area contributed by atoms with Crippen molar-refractivity contribution in [2.75, 3.05) is 21.2 Å². The molecule has 0 amide bonds. The number of fused-ring (bicyclic) bond motifs is 2. The van der Waals surface area contributed by atoms with Crippen molar-refractivity contribution in [2.24, 2.45) is 10.2 Å². The van der Waals surface area contributed by atoms with Crippen LogP contribution in [0.25, 0.3) is 28.8 Å². The molecule has 3 aromatic carbocycles. The second-order valence-corrected chi connectivity index (χ2v) is 8.62. The van der Waals surface area contributed by atoms with Gasteiger partial charge in [0.05, 0.1) is 18.5 Å². The fraction of sp³-hybridized carbons (Fsp3) is 0.143. The molecule has 1 aliphatic heterocycles. The Morgan fingerprint density at radius 2 is 1.77 bits per heavy atom. The van der Waals surface area contributed by atoms with E-state index in [-0.39, 0.29) is 18.3 Å². The number of H-pyrrole nitrogens is 1. The molecule has 7 heteroatoms. The summed E-state index contributed by atoms with van der Waals surface area (Å²) in [6.07, 6.45) is 5.99. The van der Waals surface area contributed by atoms with Crippen LogP contribution in [-0.4, -0.2) is 36.2 Å². The third-order valence-corrected chi connectivity index (χ3v) is 5.81. The number of hydrogen-bond donors (Lipinski definition) is 2. The number of nitrogens with one attached hydrogen (secondary N) is 1. The lowest BCUT2D eigenvalue weighted by molar-refractivity contribution is 0.402. The molecule has 2 N–H and O–H groups in total. The van der Waals surface area contributed by atoms with Gasteiger partial charge in [-0.05, 0) is 72.9 Å². The number of hydrogen-bond acceptors (Lipinski definition) is 5. The van der Waals surface area contributed by atoms with Crippen LogP contribution in [0.5, 0.6) is 11.6 Å². The highest BCUT2D eigenvalue weighted by atomic mass is 35.5. The van der Waals surface area contributed by atoms with Crippen molar-refractivity contribution in [1.29, 1.82) is 0 Å². The molecule has 0 spiro atoms. The summed E-state index contributed by atoms with van der Waals surface area (Å²) in [6, 6.07) is 20.2. The van der Waals surface area contributed by atoms with Gasteiger partial charge in [-0.1, -0.05) is 36.4 Å². The second-order valence-electron chi connectivity index (χ2n) is 8.62. The Morgan fingerprint density at radius 1 is 0.971 bits per heavy atom. The third kappa shape index (κ3) is 5.14. The normalized spacial score (nSPS) is 13.1. The lowest BCUT2D eigenvalue weighted by Gasteiger charge is -2.09. The van der Waals surface area contributed by atoms with Crippen molar-refractivity contribution >= 4 is 46.8 Å². The fourth-order valence-electron chi connectivity index (χ4n) is 4.11. The van der Waals surface area contributed by atoms with E-state index in [1.807, 2.05) is 48.6 Å². The van der Waals surface area contributed by atoms with E-state index in [2.05, 4.69) is 64.5 Å². The van der Waals surface area contributed by atoms with Crippen LogP contribution in [0.3, 0.4) is 0 Å². The number of rotatable bonds is 6. The van der Waals surface area contributed by atoms with Crippen LogP contribution in [0.4, 0.5) is 5.69 Å². The quantitative estimate of drug-likeness (QED) is 0.397. The van der Waals surface area contributed by atoms with Gasteiger partial charge < -0.3 is 19.7 Å². The maximum Gasteiger partial charge on any atom is 0.196 e. The smallest absolute Gasteiger partial charge is 0.196 e. The van der Waals surface area contributed by atoms with Crippen molar-refractivity contribution in [3.63, 3.8) is 0 Å². The number of aromatic amines is 1. The number of ether oxygens (including phenoxy) is 1. The number of aromatic hydroxyl groups is 1. The number of benzene rings is 3. The van der Waals surface area contributed by atoms with Crippen LogP contribution in [0.2, 0.25) is 0 Å². The molecule has 5 rings (SSSR count). The van der Waals surface area contributed by atoms with Gasteiger partial charge in [-0.2, -0.15) is 0 Å². The topological polar surface area (TPSA) is 73.2 Å². The zero-order chi connectivity index (χ0) is 23.7. The SMILES string of the molecule is COc1ccc2[nH]c(O)c(C=c3ccc4c(c3)N=NC=4/C=C/c3ccc(CN(C)C)cc3)c2c1.Cl. The highest BCUT2D eigenvalue weighted by Gasteiger charge is 2.11. The first-order valence-corrected chi connectivity index (χ1v) is 11.1. The molecule has 0 bridgehead atoms. The maximum absolute atomic E-state index is 10.4. The molecule has 0 saturated carbocycles. The molecule has 0 atom stereocenters. The zero-order valence-corrected chi connectivity index (χ0v) is 20.6. The summed E-state index contributed by atoms with van der Waals surface area (Å²) < 4.78 is 5.34. The van der Waals surface area contributed by atoms with Gasteiger partial charge in [-0.25, -0.2) is 0 Å². The highest BCUT2D eigenvalue weighted by Crippen LogP contribution is 2.30. The van der Waals surface area contributed by atoms with E-state index < -0.39 is 0 Å². The summed E-state index contributed by atoms with van der Waals surface area (Å²) in [7, 11) is 5.76. The minimum absolute atomic E-state index is 0. The van der Waals surface area contributed by atoms with Crippen LogP contribution >= 0.6 is 12.4 Å². The first-order chi connectivity index (χ1) is 16.5. The van der Waals surface area contributed by atoms with E-state index >= 15 is 0 Å². The standard InChI is InChI=1S/C28H26N4O2.ClH/c1-32(2)17-19-6-4-18(5-7-19)9-12-26-22-11-8-20(15-27(22)31-30-26)14-24-23-16-21(34-3)10-13-25(23)29-28(24)33;/h4-16,29,33H,17H2,1-3H3;1H/b12-9+,20-14?;. The van der Waals surface area contributed by atoms with Gasteiger partial charge >= 0.3 is 0 Å². The molecule has 178 valence electrons. The molecule has 1 aromatic heterocycles. The highest BCUT2D eigenvalue weighted by molar-refractivity contribution is 5.92. The third-order valence-electron chi connectivity index (χ3n) is 5.81. The predicted octanol–water partition coefficient (Wildman–Crippen LogP) is 5.11. The summed E-state index contributed by atoms with van der Waals surface area (Å²) in [5, 5.41) is 22.0. The number of halogens is 1. The average molecular weight is 487 g/mol. The predicted molar refractivity (Wildman–Crippen MR) is 144 cm³/mol. The summed E-state index contributed by atoms with van der Waals surface area (Å²) in [5.41, 5.74) is 5.61. The van der Waals surface area contributed by atoms with Crippen molar-refractivity contribution < 1.29 is 9.84 Å². The monoisotopic (exact) mass is 486 g/mol. The molecule has 2 heterocycles. The number of azo groups is 1. The lowest BCUT2D eigenvalue weighted by Crippen LogP contribution is -2.10. The number of methoxy groups -OCH3 is 1. The largest absolute Gasteiger partial charge is 0.497 e. The number of nitrogens with zero attached hydrogens (tertiary/aromatic N) is 3. The first kappa shape index (κ1) is 24.3. The summed E-state index contributed by atoms with van der Waals surface area (Å²) >= 11 is 0. The van der Waals surface area contributed by atoms with Crippen LogP contribution < -0.4 is 15.2 Å². The Kier molecular flexibility index (Phi) is 7.05. The van der Waals surface area contributed by atoms with Crippen LogP contribution in [0.15, 0.2) is 77.0 Å². The Balaban J connectivity index is 0.00000289. The van der Waals surface area contributed by atoms with Crippen molar-refractivity contribution in [3.8, 4) is 11.6 Å². The van der Waals surface area contributed by atoms with Crippen LogP contribution in [0.1, 0.15) is 16.7 Å². The minimum atomic E-state index is 0. The van der Waals surface area contributed by atoms with E-state index in [1.165, 1.54) is 5.56 Å². The second kappa shape index (κ2) is 10.2. The molecule has 0 unspecified atom stereocenters. The Bertz CT molecular complexity index is 1550. The van der Waals surface area contributed by atoms with Gasteiger partial charge in [0.25, 0.3) is 0 Å². The molecule has 0 radical (unpaired) electrons. The van der Waals surface area contributed by atoms with Gasteiger partial charge in [0.2, 0.25) is 0 Å². The molecule has 0 saturated heterocycles. The van der Waals surface area contributed by atoms with Gasteiger partial charge in [-0.15, -0.1) is 22.6 Å². The van der Waals surface area contributed by atoms with E-state index in [4.69, 9.17) is 4.74 Å². The van der Waals surface area contributed by atoms with Crippen molar-refractivity contribution in [2.45, 2.75) is 6.54 Å². The Labute approximate surface area is 210 Å². The molecular weight excluding hydrogens is 460 g/mol. The van der Waals surface area contributed by atoms with Gasteiger partial charge in [0, 0.05) is 28.2 Å². The molecule has 1 aliphatic rings. The van der Waals surface area contributed by atoms with Gasteiger partial charge in [0.1, 0.15) is 5.75 Å². The van der Waals surface area contributed by atoms with Gasteiger partial charge in [0.15, 0.2) is 5.88 Å². The number of aromatic nitrogens is 1. The Hall–Kier alpha value is -3.87. The fourth-order valence-corrected chi connectivity index (χ4v) is 4.11. The zero-order valence-electron chi connectivity index (χ0n) is 19.8. The first-order valence-electron chi connectivity index (χ1n) is 11.1. The van der Waals surface area contributed by atoms with Crippen LogP contribution in [0, 0.1) is 0 Å². The van der Waals surface area contributed by atoms with Gasteiger partial charge in [-0.3, -0.25) is 0 Å². The average Bonchev–Trinajstić information content (AvgIpc) is 3.38. The molecule has 6 nitrogen and oxygen atoms in total. The molecule has 35 heavy (non-hydrogen) atoms. The van der Waals surface area contributed by atoms with E-state index in [0.29, 0.717) is 5.56 Å². The Morgan fingerprint density at radius 3 is 2.51 bits per heavy atom. The van der Waals surface area contributed by atoms with E-state index in [0.717, 1.165) is 50.6 Å². The molecule has 0 aliphatic carbocycles. The summed E-state index contributed by atoms with van der Waals surface area (Å²) in [4.78, 5) is 5.17. The van der Waals surface area contributed by atoms with Crippen molar-refractivity contribution in [1.82, 2.24) is 9.88 Å². The van der Waals surface area contributed by atoms with Crippen molar-refractivity contribution in [3.05, 3.63) is 93.9 Å².